The number of carbonyl (C=O) groups excluding carboxylic acids is 1. The van der Waals surface area contributed by atoms with Gasteiger partial charge in [-0.25, -0.2) is 4.79 Å². The Balaban J connectivity index is 1.88. The molecule has 0 unspecified atom stereocenters. The third-order valence-corrected chi connectivity index (χ3v) is 3.37. The summed E-state index contributed by atoms with van der Waals surface area (Å²) < 4.78 is 5.35. The molecule has 5 nitrogen and oxygen atoms in total. The van der Waals surface area contributed by atoms with Crippen molar-refractivity contribution in [3.63, 3.8) is 0 Å². The van der Waals surface area contributed by atoms with E-state index in [0.717, 1.165) is 24.1 Å². The number of rotatable bonds is 6. The van der Waals surface area contributed by atoms with Gasteiger partial charge in [-0.05, 0) is 61.8 Å². The van der Waals surface area contributed by atoms with Crippen LogP contribution in [-0.4, -0.2) is 16.8 Å². The first-order valence-corrected chi connectivity index (χ1v) is 7.90. The number of carbonyl (C=O) groups is 1. The second-order valence-corrected chi connectivity index (χ2v) is 5.66. The number of nitrogens with zero attached hydrogens (tertiary/aromatic N) is 1. The standard InChI is InChI=1S/C18H19N3O2S/c1-13(20-21-18(19)24)7-8-14-9-11-16(12-10-14)23-17(22)15-5-3-2-4-6-15/h2-6,9-12H,7-8H2,1H3,(H3,19,21,24)/b20-13+. The highest BCUT2D eigenvalue weighted by Gasteiger charge is 2.07. The van der Waals surface area contributed by atoms with Crippen LogP contribution in [0.15, 0.2) is 59.7 Å². The topological polar surface area (TPSA) is 76.7 Å². The van der Waals surface area contributed by atoms with Crippen LogP contribution in [0.25, 0.3) is 0 Å². The number of hydrazone groups is 1. The molecule has 2 aromatic rings. The van der Waals surface area contributed by atoms with Crippen molar-refractivity contribution >= 4 is 29.0 Å². The van der Waals surface area contributed by atoms with Crippen molar-refractivity contribution in [2.75, 3.05) is 0 Å². The molecule has 3 N–H and O–H groups in total. The van der Waals surface area contributed by atoms with Crippen molar-refractivity contribution in [3.05, 3.63) is 65.7 Å². The quantitative estimate of drug-likeness (QED) is 0.278. The molecule has 0 amide bonds. The van der Waals surface area contributed by atoms with E-state index in [9.17, 15) is 4.79 Å². The number of nitrogens with one attached hydrogen (secondary N) is 1. The van der Waals surface area contributed by atoms with Gasteiger partial charge in [0.2, 0.25) is 0 Å². The van der Waals surface area contributed by atoms with E-state index in [2.05, 4.69) is 10.5 Å². The van der Waals surface area contributed by atoms with Crippen molar-refractivity contribution in [1.82, 2.24) is 5.43 Å². The van der Waals surface area contributed by atoms with E-state index in [1.54, 1.807) is 36.4 Å². The monoisotopic (exact) mass is 341 g/mol. The Morgan fingerprint density at radius 1 is 1.17 bits per heavy atom. The van der Waals surface area contributed by atoms with Gasteiger partial charge in [-0.2, -0.15) is 5.10 Å². The van der Waals surface area contributed by atoms with Crippen molar-refractivity contribution in [2.45, 2.75) is 19.8 Å². The van der Waals surface area contributed by atoms with Gasteiger partial charge in [-0.3, -0.25) is 5.43 Å². The lowest BCUT2D eigenvalue weighted by atomic mass is 10.1. The Bertz CT molecular complexity index is 728. The van der Waals surface area contributed by atoms with Crippen LogP contribution in [0.4, 0.5) is 0 Å². The van der Waals surface area contributed by atoms with Crippen LogP contribution in [0.5, 0.6) is 5.75 Å². The molecule has 2 rings (SSSR count). The molecule has 0 aliphatic heterocycles. The minimum Gasteiger partial charge on any atom is -0.423 e. The van der Waals surface area contributed by atoms with E-state index < -0.39 is 0 Å². The van der Waals surface area contributed by atoms with Gasteiger partial charge in [-0.15, -0.1) is 0 Å². The van der Waals surface area contributed by atoms with Crippen LogP contribution >= 0.6 is 12.2 Å². The third kappa shape index (κ3) is 5.81. The molecule has 0 atom stereocenters. The Morgan fingerprint density at radius 2 is 1.83 bits per heavy atom. The zero-order valence-electron chi connectivity index (χ0n) is 13.4. The SMILES string of the molecule is C/C(CCc1ccc(OC(=O)c2ccccc2)cc1)=N\NC(N)=S. The number of aryl methyl sites for hydroxylation is 1. The maximum Gasteiger partial charge on any atom is 0.343 e. The highest BCUT2D eigenvalue weighted by atomic mass is 32.1. The van der Waals surface area contributed by atoms with E-state index in [0.29, 0.717) is 11.3 Å². The molecule has 0 aliphatic rings. The molecule has 0 saturated heterocycles. The lowest BCUT2D eigenvalue weighted by Crippen LogP contribution is -2.25. The molecule has 2 aromatic carbocycles. The lowest BCUT2D eigenvalue weighted by molar-refractivity contribution is 0.0734. The number of hydrogen-bond acceptors (Lipinski definition) is 4. The highest BCUT2D eigenvalue weighted by molar-refractivity contribution is 7.80. The van der Waals surface area contributed by atoms with E-state index in [1.807, 2.05) is 25.1 Å². The summed E-state index contributed by atoms with van der Waals surface area (Å²) in [4.78, 5) is 12.0. The molecule has 6 heteroatoms. The van der Waals surface area contributed by atoms with Crippen LogP contribution in [-0.2, 0) is 6.42 Å². The van der Waals surface area contributed by atoms with Crippen LogP contribution in [0.2, 0.25) is 0 Å². The molecule has 0 aliphatic carbocycles. The predicted octanol–water partition coefficient (Wildman–Crippen LogP) is 3.05. The van der Waals surface area contributed by atoms with E-state index in [4.69, 9.17) is 22.7 Å². The predicted molar refractivity (Wildman–Crippen MR) is 99.2 cm³/mol. The number of thiocarbonyl (C=S) groups is 1. The Morgan fingerprint density at radius 3 is 2.46 bits per heavy atom. The number of benzene rings is 2. The number of nitrogens with two attached hydrogens (primary N) is 1. The molecule has 124 valence electrons. The fourth-order valence-electron chi connectivity index (χ4n) is 2.00. The average Bonchev–Trinajstić information content (AvgIpc) is 2.60. The fourth-order valence-corrected chi connectivity index (χ4v) is 2.04. The average molecular weight is 341 g/mol. The van der Waals surface area contributed by atoms with Gasteiger partial charge in [0, 0.05) is 5.71 Å². The van der Waals surface area contributed by atoms with E-state index >= 15 is 0 Å². The Kier molecular flexibility index (Phi) is 6.45. The van der Waals surface area contributed by atoms with Gasteiger partial charge >= 0.3 is 5.97 Å². The molecule has 0 spiro atoms. The molecule has 24 heavy (non-hydrogen) atoms. The third-order valence-electron chi connectivity index (χ3n) is 3.28. The summed E-state index contributed by atoms with van der Waals surface area (Å²) in [5.74, 6) is 0.156. The van der Waals surface area contributed by atoms with Gasteiger partial charge in [0.1, 0.15) is 5.75 Å². The summed E-state index contributed by atoms with van der Waals surface area (Å²) in [6, 6.07) is 16.3. The summed E-state index contributed by atoms with van der Waals surface area (Å²) >= 11 is 4.69. The first kappa shape index (κ1) is 17.6. The zero-order chi connectivity index (χ0) is 17.4. The van der Waals surface area contributed by atoms with Gasteiger partial charge in [-0.1, -0.05) is 30.3 Å². The summed E-state index contributed by atoms with van der Waals surface area (Å²) in [7, 11) is 0. The summed E-state index contributed by atoms with van der Waals surface area (Å²) in [5.41, 5.74) is 10.4. The van der Waals surface area contributed by atoms with Gasteiger partial charge in [0.15, 0.2) is 5.11 Å². The van der Waals surface area contributed by atoms with Crippen LogP contribution in [0.3, 0.4) is 0 Å². The van der Waals surface area contributed by atoms with Crippen molar-refractivity contribution in [3.8, 4) is 5.75 Å². The summed E-state index contributed by atoms with van der Waals surface area (Å²) in [5, 5.41) is 4.21. The first-order chi connectivity index (χ1) is 11.5. The van der Waals surface area contributed by atoms with Crippen molar-refractivity contribution in [2.24, 2.45) is 10.8 Å². The summed E-state index contributed by atoms with van der Waals surface area (Å²) in [6.07, 6.45) is 1.60. The normalized spacial score (nSPS) is 11.0. The van der Waals surface area contributed by atoms with Gasteiger partial charge in [0.25, 0.3) is 0 Å². The van der Waals surface area contributed by atoms with Gasteiger partial charge < -0.3 is 10.5 Å². The number of hydrogen-bond donors (Lipinski definition) is 2. The van der Waals surface area contributed by atoms with Crippen LogP contribution in [0.1, 0.15) is 29.3 Å². The van der Waals surface area contributed by atoms with Crippen molar-refractivity contribution < 1.29 is 9.53 Å². The lowest BCUT2D eigenvalue weighted by Gasteiger charge is -2.06. The van der Waals surface area contributed by atoms with Gasteiger partial charge in [0.05, 0.1) is 5.56 Å². The zero-order valence-corrected chi connectivity index (χ0v) is 14.2. The maximum absolute atomic E-state index is 12.0. The highest BCUT2D eigenvalue weighted by Crippen LogP contribution is 2.15. The minimum atomic E-state index is -0.366. The Labute approximate surface area is 146 Å². The molecule has 0 fully saturated rings. The number of esters is 1. The van der Waals surface area contributed by atoms with E-state index in [-0.39, 0.29) is 11.1 Å². The van der Waals surface area contributed by atoms with Crippen molar-refractivity contribution in [1.29, 1.82) is 0 Å². The first-order valence-electron chi connectivity index (χ1n) is 7.49. The Hall–Kier alpha value is -2.73. The fraction of sp³-hybridized carbons (Fsp3) is 0.167. The van der Waals surface area contributed by atoms with E-state index in [1.165, 1.54) is 0 Å². The molecule has 0 aromatic heterocycles. The second kappa shape index (κ2) is 8.79. The summed E-state index contributed by atoms with van der Waals surface area (Å²) in [6.45, 7) is 1.90. The molecular weight excluding hydrogens is 322 g/mol. The smallest absolute Gasteiger partial charge is 0.343 e. The van der Waals surface area contributed by atoms with Crippen LogP contribution in [0, 0.1) is 0 Å². The molecule has 0 bridgehead atoms. The second-order valence-electron chi connectivity index (χ2n) is 5.22. The molecule has 0 heterocycles. The number of ether oxygens (including phenoxy) is 1. The maximum atomic E-state index is 12.0. The molecule has 0 radical (unpaired) electrons. The van der Waals surface area contributed by atoms with Crippen LogP contribution < -0.4 is 15.9 Å². The minimum absolute atomic E-state index is 0.152. The largest absolute Gasteiger partial charge is 0.423 e. The molecular formula is C18H19N3O2S. The molecule has 0 saturated carbocycles.